The van der Waals surface area contributed by atoms with E-state index >= 15 is 0 Å². The SMILES string of the molecule is CCc1c[nH]c(=S)n1CC1(SC)CCCC1. The van der Waals surface area contributed by atoms with Gasteiger partial charge in [0.1, 0.15) is 0 Å². The van der Waals surface area contributed by atoms with Gasteiger partial charge in [-0.05, 0) is 37.7 Å². The number of H-pyrrole nitrogens is 1. The highest BCUT2D eigenvalue weighted by molar-refractivity contribution is 8.00. The van der Waals surface area contributed by atoms with Gasteiger partial charge in [-0.2, -0.15) is 11.8 Å². The van der Waals surface area contributed by atoms with Gasteiger partial charge in [-0.3, -0.25) is 0 Å². The maximum Gasteiger partial charge on any atom is 0.177 e. The summed E-state index contributed by atoms with van der Waals surface area (Å²) in [5.74, 6) is 0. The summed E-state index contributed by atoms with van der Waals surface area (Å²) in [5, 5.41) is 0. The van der Waals surface area contributed by atoms with Crippen molar-refractivity contribution in [3.8, 4) is 0 Å². The number of hydrogen-bond acceptors (Lipinski definition) is 2. The van der Waals surface area contributed by atoms with Crippen molar-refractivity contribution in [3.63, 3.8) is 0 Å². The van der Waals surface area contributed by atoms with Crippen molar-refractivity contribution in [1.29, 1.82) is 0 Å². The minimum Gasteiger partial charge on any atom is -0.337 e. The fourth-order valence-corrected chi connectivity index (χ4v) is 3.83. The van der Waals surface area contributed by atoms with Crippen molar-refractivity contribution < 1.29 is 0 Å². The van der Waals surface area contributed by atoms with Crippen LogP contribution in [0.15, 0.2) is 6.20 Å². The van der Waals surface area contributed by atoms with Crippen LogP contribution in [-0.4, -0.2) is 20.6 Å². The molecular weight excluding hydrogens is 236 g/mol. The summed E-state index contributed by atoms with van der Waals surface area (Å²) in [4.78, 5) is 3.17. The van der Waals surface area contributed by atoms with E-state index in [-0.39, 0.29) is 0 Å². The van der Waals surface area contributed by atoms with Gasteiger partial charge in [0.2, 0.25) is 0 Å². The van der Waals surface area contributed by atoms with Gasteiger partial charge < -0.3 is 9.55 Å². The van der Waals surface area contributed by atoms with Crippen LogP contribution in [0.4, 0.5) is 0 Å². The summed E-state index contributed by atoms with van der Waals surface area (Å²) < 4.78 is 3.62. The number of aryl methyl sites for hydroxylation is 1. The van der Waals surface area contributed by atoms with Crippen LogP contribution in [0.2, 0.25) is 0 Å². The number of imidazole rings is 1. The second kappa shape index (κ2) is 4.96. The van der Waals surface area contributed by atoms with Crippen LogP contribution in [0, 0.1) is 4.77 Å². The van der Waals surface area contributed by atoms with Crippen molar-refractivity contribution in [2.24, 2.45) is 0 Å². The smallest absolute Gasteiger partial charge is 0.177 e. The van der Waals surface area contributed by atoms with Gasteiger partial charge in [-0.1, -0.05) is 19.8 Å². The number of nitrogens with zero attached hydrogens (tertiary/aromatic N) is 1. The van der Waals surface area contributed by atoms with Gasteiger partial charge >= 0.3 is 0 Å². The molecule has 0 atom stereocenters. The molecule has 1 saturated carbocycles. The molecule has 1 N–H and O–H groups in total. The fourth-order valence-electron chi connectivity index (χ4n) is 2.63. The summed E-state index contributed by atoms with van der Waals surface area (Å²) in [6, 6.07) is 0. The molecule has 1 aliphatic carbocycles. The molecule has 90 valence electrons. The quantitative estimate of drug-likeness (QED) is 0.828. The average molecular weight is 256 g/mol. The Hall–Kier alpha value is -0.220. The Morgan fingerprint density at radius 1 is 1.50 bits per heavy atom. The first-order chi connectivity index (χ1) is 7.71. The van der Waals surface area contributed by atoms with Crippen LogP contribution in [0.25, 0.3) is 0 Å². The third-order valence-electron chi connectivity index (χ3n) is 3.71. The largest absolute Gasteiger partial charge is 0.337 e. The molecule has 0 saturated heterocycles. The Morgan fingerprint density at radius 2 is 2.19 bits per heavy atom. The van der Waals surface area contributed by atoms with Crippen LogP contribution < -0.4 is 0 Å². The van der Waals surface area contributed by atoms with Gasteiger partial charge in [0, 0.05) is 23.2 Å². The zero-order chi connectivity index (χ0) is 11.6. The van der Waals surface area contributed by atoms with Crippen LogP contribution in [0.1, 0.15) is 38.3 Å². The molecular formula is C12H20N2S2. The maximum atomic E-state index is 5.37. The first kappa shape index (κ1) is 12.2. The normalized spacial score (nSPS) is 19.1. The molecule has 1 aliphatic rings. The van der Waals surface area contributed by atoms with Crippen LogP contribution in [0.3, 0.4) is 0 Å². The lowest BCUT2D eigenvalue weighted by atomic mass is 10.1. The summed E-state index contributed by atoms with van der Waals surface area (Å²) in [6.07, 6.45) is 10.8. The second-order valence-corrected chi connectivity index (χ2v) is 6.28. The Labute approximate surface area is 107 Å². The maximum absolute atomic E-state index is 5.37. The molecule has 0 aromatic carbocycles. The van der Waals surface area contributed by atoms with Gasteiger partial charge in [0.25, 0.3) is 0 Å². The van der Waals surface area contributed by atoms with E-state index in [1.54, 1.807) is 0 Å². The molecule has 1 heterocycles. The Kier molecular flexibility index (Phi) is 3.80. The standard InChI is InChI=1S/C12H20N2S2/c1-3-10-8-13-11(15)14(10)9-12(16-2)6-4-5-7-12/h8H,3-7,9H2,1-2H3,(H,13,15). The van der Waals surface area contributed by atoms with E-state index in [0.29, 0.717) is 4.75 Å². The van der Waals surface area contributed by atoms with Crippen LogP contribution >= 0.6 is 24.0 Å². The van der Waals surface area contributed by atoms with Gasteiger partial charge in [-0.15, -0.1) is 0 Å². The minimum atomic E-state index is 0.435. The van der Waals surface area contributed by atoms with E-state index in [1.165, 1.54) is 31.4 Å². The summed E-state index contributed by atoms with van der Waals surface area (Å²) in [6.45, 7) is 3.27. The highest BCUT2D eigenvalue weighted by atomic mass is 32.2. The third-order valence-corrected chi connectivity index (χ3v) is 5.45. The summed E-state index contributed by atoms with van der Waals surface area (Å²) in [7, 11) is 0. The molecule has 2 rings (SSSR count). The number of nitrogens with one attached hydrogen (secondary N) is 1. The molecule has 0 unspecified atom stereocenters. The molecule has 1 fully saturated rings. The molecule has 1 aromatic rings. The van der Waals surface area contributed by atoms with Crippen molar-refractivity contribution in [3.05, 3.63) is 16.7 Å². The number of aromatic amines is 1. The van der Waals surface area contributed by atoms with Crippen molar-refractivity contribution in [2.75, 3.05) is 6.26 Å². The highest BCUT2D eigenvalue weighted by Crippen LogP contribution is 2.41. The molecule has 1 aromatic heterocycles. The first-order valence-corrected chi connectivity index (χ1v) is 7.66. The molecule has 0 spiro atoms. The van der Waals surface area contributed by atoms with E-state index in [4.69, 9.17) is 12.2 Å². The van der Waals surface area contributed by atoms with Gasteiger partial charge in [0.15, 0.2) is 4.77 Å². The molecule has 4 heteroatoms. The molecule has 0 bridgehead atoms. The predicted molar refractivity (Wildman–Crippen MR) is 73.7 cm³/mol. The predicted octanol–water partition coefficient (Wildman–Crippen LogP) is 3.78. The third kappa shape index (κ3) is 2.23. The average Bonchev–Trinajstić information content (AvgIpc) is 2.89. The fraction of sp³-hybridized carbons (Fsp3) is 0.750. The number of hydrogen-bond donors (Lipinski definition) is 1. The van der Waals surface area contributed by atoms with Crippen molar-refractivity contribution >= 4 is 24.0 Å². The molecule has 16 heavy (non-hydrogen) atoms. The van der Waals surface area contributed by atoms with Crippen molar-refractivity contribution in [2.45, 2.75) is 50.3 Å². The summed E-state index contributed by atoms with van der Waals surface area (Å²) >= 11 is 7.39. The number of rotatable bonds is 4. The summed E-state index contributed by atoms with van der Waals surface area (Å²) in [5.41, 5.74) is 1.34. The zero-order valence-corrected chi connectivity index (χ0v) is 11.7. The monoisotopic (exact) mass is 256 g/mol. The molecule has 0 aliphatic heterocycles. The van der Waals surface area contributed by atoms with E-state index in [9.17, 15) is 0 Å². The van der Waals surface area contributed by atoms with Crippen LogP contribution in [-0.2, 0) is 13.0 Å². The Bertz CT molecular complexity index is 399. The molecule has 0 amide bonds. The number of aromatic nitrogens is 2. The van der Waals surface area contributed by atoms with E-state index < -0.39 is 0 Å². The second-order valence-electron chi connectivity index (χ2n) is 4.62. The molecule has 2 nitrogen and oxygen atoms in total. The lowest BCUT2D eigenvalue weighted by Gasteiger charge is -2.28. The lowest BCUT2D eigenvalue weighted by Crippen LogP contribution is -2.27. The minimum absolute atomic E-state index is 0.435. The van der Waals surface area contributed by atoms with Gasteiger partial charge in [0.05, 0.1) is 0 Å². The highest BCUT2D eigenvalue weighted by Gasteiger charge is 2.33. The first-order valence-electron chi connectivity index (χ1n) is 6.03. The topological polar surface area (TPSA) is 20.7 Å². The van der Waals surface area contributed by atoms with Gasteiger partial charge in [-0.25, -0.2) is 0 Å². The van der Waals surface area contributed by atoms with E-state index in [0.717, 1.165) is 17.7 Å². The van der Waals surface area contributed by atoms with Crippen LogP contribution in [0.5, 0.6) is 0 Å². The molecule has 0 radical (unpaired) electrons. The van der Waals surface area contributed by atoms with Crippen molar-refractivity contribution in [1.82, 2.24) is 9.55 Å². The van der Waals surface area contributed by atoms with E-state index in [1.807, 2.05) is 11.8 Å². The Balaban J connectivity index is 2.24. The van der Waals surface area contributed by atoms with E-state index in [2.05, 4.69) is 28.9 Å². The Morgan fingerprint density at radius 3 is 2.75 bits per heavy atom. The number of thioether (sulfide) groups is 1. The zero-order valence-electron chi connectivity index (χ0n) is 10.1. The lowest BCUT2D eigenvalue weighted by molar-refractivity contribution is 0.492.